The number of benzene rings is 3. The second-order valence-corrected chi connectivity index (χ2v) is 14.3. The second kappa shape index (κ2) is 12.9. The minimum Gasteiger partial charge on any atom is -0.384 e. The normalized spacial score (nSPS) is 15.9. The second-order valence-electron chi connectivity index (χ2n) is 13.4. The van der Waals surface area contributed by atoms with Crippen LogP contribution in [0.15, 0.2) is 60.9 Å². The molecule has 12 heteroatoms. The molecule has 0 bridgehead atoms. The van der Waals surface area contributed by atoms with Gasteiger partial charge in [-0.3, -0.25) is 9.88 Å². The topological polar surface area (TPSA) is 107 Å². The Balaban J connectivity index is 1.26. The molecule has 3 aromatic carbocycles. The Kier molecular flexibility index (Phi) is 8.62. The van der Waals surface area contributed by atoms with Crippen LogP contribution in [0.2, 0.25) is 10.0 Å². The van der Waals surface area contributed by atoms with Gasteiger partial charge in [-0.25, -0.2) is 9.07 Å². The van der Waals surface area contributed by atoms with Gasteiger partial charge in [0.25, 0.3) is 0 Å². The minimum absolute atomic E-state index is 0.0308. The molecule has 0 saturated carbocycles. The summed E-state index contributed by atoms with van der Waals surface area (Å²) in [6.45, 7) is 9.71. The Morgan fingerprint density at radius 1 is 1.04 bits per heavy atom. The van der Waals surface area contributed by atoms with Gasteiger partial charge in [0.1, 0.15) is 17.6 Å². The van der Waals surface area contributed by atoms with Crippen molar-refractivity contribution in [1.82, 2.24) is 24.9 Å². The van der Waals surface area contributed by atoms with Crippen molar-refractivity contribution in [2.24, 2.45) is 0 Å². The van der Waals surface area contributed by atoms with E-state index in [1.165, 1.54) is 23.9 Å². The van der Waals surface area contributed by atoms with Crippen molar-refractivity contribution < 1.29 is 4.39 Å². The van der Waals surface area contributed by atoms with Gasteiger partial charge < -0.3 is 16.0 Å². The van der Waals surface area contributed by atoms with E-state index >= 15 is 0 Å². The smallest absolute Gasteiger partial charge is 0.141 e. The highest BCUT2D eigenvalue weighted by Gasteiger charge is 2.29. The highest BCUT2D eigenvalue weighted by atomic mass is 35.5. The standard InChI is InChI=1S/C36H36Cl2FN9/c1-36(2,3)47-12-9-26(10-13-47)48-20-32(45-46-48)34(22-5-4-21-8-11-41-31(21)14-22)44-25-15-27-33(43-24-6-7-30(39)28(37)16-24)23(18-40)19-42-35(27)29(38)17-25/h4-7,14-17,19-20,26,34,41,44H,8-13H2,1-3H3,(H,42,43). The summed E-state index contributed by atoms with van der Waals surface area (Å²) < 4.78 is 15.9. The number of piperidine rings is 1. The van der Waals surface area contributed by atoms with E-state index in [4.69, 9.17) is 28.3 Å². The van der Waals surface area contributed by atoms with Gasteiger partial charge in [-0.1, -0.05) is 40.5 Å². The van der Waals surface area contributed by atoms with Crippen molar-refractivity contribution >= 4 is 56.9 Å². The SMILES string of the molecule is CC(C)(C)N1CCC(n2cc(C(Nc3cc(Cl)c4ncc(C#N)c(Nc5ccc(F)c(Cl)c5)c4c3)c3ccc4c(c3)NCC4)nn2)CC1. The Morgan fingerprint density at radius 3 is 2.58 bits per heavy atom. The maximum absolute atomic E-state index is 13.9. The maximum Gasteiger partial charge on any atom is 0.141 e. The molecule has 0 spiro atoms. The van der Waals surface area contributed by atoms with Crippen molar-refractivity contribution in [3.8, 4) is 6.07 Å². The van der Waals surface area contributed by atoms with E-state index in [1.54, 1.807) is 6.07 Å². The molecule has 5 aromatic rings. The van der Waals surface area contributed by atoms with Crippen LogP contribution in [0, 0.1) is 17.1 Å². The fourth-order valence-corrected chi connectivity index (χ4v) is 7.11. The van der Waals surface area contributed by atoms with Crippen LogP contribution < -0.4 is 16.0 Å². The summed E-state index contributed by atoms with van der Waals surface area (Å²) in [5, 5.41) is 30.7. The average Bonchev–Trinajstić information content (AvgIpc) is 3.75. The summed E-state index contributed by atoms with van der Waals surface area (Å²) in [5.41, 5.74) is 6.88. The lowest BCUT2D eigenvalue weighted by Crippen LogP contribution is -2.46. The quantitative estimate of drug-likeness (QED) is 0.157. The fourth-order valence-electron chi connectivity index (χ4n) is 6.67. The van der Waals surface area contributed by atoms with Gasteiger partial charge >= 0.3 is 0 Å². The molecule has 0 radical (unpaired) electrons. The van der Waals surface area contributed by atoms with E-state index in [9.17, 15) is 9.65 Å². The Morgan fingerprint density at radius 2 is 1.83 bits per heavy atom. The van der Waals surface area contributed by atoms with Crippen LogP contribution in [0.5, 0.6) is 0 Å². The van der Waals surface area contributed by atoms with Gasteiger partial charge in [-0.15, -0.1) is 5.10 Å². The number of nitriles is 1. The number of anilines is 4. The first kappa shape index (κ1) is 32.1. The van der Waals surface area contributed by atoms with Gasteiger partial charge in [0.05, 0.1) is 45.1 Å². The van der Waals surface area contributed by atoms with Crippen LogP contribution in [0.3, 0.4) is 0 Å². The van der Waals surface area contributed by atoms with Crippen LogP contribution in [-0.2, 0) is 6.42 Å². The van der Waals surface area contributed by atoms with Crippen LogP contribution in [0.25, 0.3) is 10.9 Å². The number of nitrogens with one attached hydrogen (secondary N) is 3. The predicted molar refractivity (Wildman–Crippen MR) is 190 cm³/mol. The molecule has 1 atom stereocenters. The molecular weight excluding hydrogens is 648 g/mol. The molecule has 1 saturated heterocycles. The maximum atomic E-state index is 13.9. The van der Waals surface area contributed by atoms with Gasteiger partial charge in [0.15, 0.2) is 0 Å². The number of likely N-dealkylation sites (tertiary alicyclic amines) is 1. The molecule has 48 heavy (non-hydrogen) atoms. The van der Waals surface area contributed by atoms with E-state index in [0.29, 0.717) is 38.6 Å². The first-order chi connectivity index (χ1) is 23.1. The molecule has 3 N–H and O–H groups in total. The Bertz CT molecular complexity index is 2040. The largest absolute Gasteiger partial charge is 0.384 e. The summed E-state index contributed by atoms with van der Waals surface area (Å²) in [5.74, 6) is -0.531. The molecule has 0 aliphatic carbocycles. The van der Waals surface area contributed by atoms with Gasteiger partial charge in [0, 0.05) is 53.8 Å². The molecule has 0 amide bonds. The number of nitrogens with zero attached hydrogens (tertiary/aromatic N) is 6. The summed E-state index contributed by atoms with van der Waals surface area (Å²) in [6.07, 6.45) is 6.52. The lowest BCUT2D eigenvalue weighted by Gasteiger charge is -2.40. The third kappa shape index (κ3) is 6.38. The van der Waals surface area contributed by atoms with E-state index in [0.717, 1.165) is 55.8 Å². The van der Waals surface area contributed by atoms with Crippen molar-refractivity contribution in [3.05, 3.63) is 99.2 Å². The van der Waals surface area contributed by atoms with E-state index in [2.05, 4.69) is 82.3 Å². The summed E-state index contributed by atoms with van der Waals surface area (Å²) in [4.78, 5) is 7.01. The number of halogens is 3. The van der Waals surface area contributed by atoms with Gasteiger partial charge in [-0.2, -0.15) is 5.26 Å². The molecule has 9 nitrogen and oxygen atoms in total. The van der Waals surface area contributed by atoms with E-state index < -0.39 is 5.82 Å². The lowest BCUT2D eigenvalue weighted by molar-refractivity contribution is 0.0866. The van der Waals surface area contributed by atoms with Crippen molar-refractivity contribution in [2.75, 3.05) is 35.6 Å². The van der Waals surface area contributed by atoms with Crippen LogP contribution in [-0.4, -0.2) is 50.1 Å². The zero-order chi connectivity index (χ0) is 33.6. The van der Waals surface area contributed by atoms with E-state index in [-0.39, 0.29) is 22.6 Å². The minimum atomic E-state index is -0.531. The molecule has 1 fully saturated rings. The van der Waals surface area contributed by atoms with Gasteiger partial charge in [-0.05, 0) is 87.6 Å². The predicted octanol–water partition coefficient (Wildman–Crippen LogP) is 8.49. The molecule has 4 heterocycles. The highest BCUT2D eigenvalue weighted by molar-refractivity contribution is 6.36. The number of aromatic nitrogens is 4. The molecule has 1 unspecified atom stereocenters. The number of pyridine rings is 1. The third-order valence-electron chi connectivity index (χ3n) is 9.33. The summed E-state index contributed by atoms with van der Waals surface area (Å²) in [7, 11) is 0. The van der Waals surface area contributed by atoms with Crippen molar-refractivity contribution in [2.45, 2.75) is 57.7 Å². The summed E-state index contributed by atoms with van der Waals surface area (Å²) in [6, 6.07) is 16.6. The van der Waals surface area contributed by atoms with Crippen LogP contribution >= 0.6 is 23.2 Å². The molecular formula is C36H36Cl2FN9. The zero-order valence-corrected chi connectivity index (χ0v) is 28.5. The average molecular weight is 685 g/mol. The monoisotopic (exact) mass is 683 g/mol. The van der Waals surface area contributed by atoms with Gasteiger partial charge in [0.2, 0.25) is 0 Å². The molecule has 246 valence electrons. The molecule has 2 aromatic heterocycles. The first-order valence-corrected chi connectivity index (χ1v) is 16.9. The number of fused-ring (bicyclic) bond motifs is 2. The molecule has 7 rings (SSSR count). The van der Waals surface area contributed by atoms with Crippen LogP contribution in [0.4, 0.5) is 27.1 Å². The third-order valence-corrected chi connectivity index (χ3v) is 9.91. The summed E-state index contributed by atoms with van der Waals surface area (Å²) >= 11 is 12.9. The fraction of sp³-hybridized carbons (Fsp3) is 0.333. The number of hydrogen-bond acceptors (Lipinski definition) is 8. The Hall–Kier alpha value is -4.43. The van der Waals surface area contributed by atoms with Crippen molar-refractivity contribution in [3.63, 3.8) is 0 Å². The van der Waals surface area contributed by atoms with E-state index in [1.807, 2.05) is 16.8 Å². The Labute approximate surface area is 289 Å². The lowest BCUT2D eigenvalue weighted by atomic mass is 9.98. The van der Waals surface area contributed by atoms with Crippen molar-refractivity contribution in [1.29, 1.82) is 5.26 Å². The number of hydrogen-bond donors (Lipinski definition) is 3. The van der Waals surface area contributed by atoms with Crippen LogP contribution in [0.1, 0.15) is 68.1 Å². The molecule has 2 aliphatic rings. The zero-order valence-electron chi connectivity index (χ0n) is 27.0. The molecule has 2 aliphatic heterocycles. The first-order valence-electron chi connectivity index (χ1n) is 16.1. The highest BCUT2D eigenvalue weighted by Crippen LogP contribution is 2.38. The number of rotatable bonds is 7.